The number of aromatic nitrogens is 1. The van der Waals surface area contributed by atoms with Crippen LogP contribution < -0.4 is 4.90 Å². The van der Waals surface area contributed by atoms with Crippen molar-refractivity contribution in [3.05, 3.63) is 216 Å². The minimum absolute atomic E-state index is 0.175. The van der Waals surface area contributed by atoms with Gasteiger partial charge >= 0.3 is 0 Å². The average Bonchev–Trinajstić information content (AvgIpc) is 3.83. The molecule has 2 aliphatic rings. The summed E-state index contributed by atoms with van der Waals surface area (Å²) in [5.41, 5.74) is 20.0. The minimum atomic E-state index is -0.224. The fourth-order valence-electron chi connectivity index (χ4n) is 10.7. The molecule has 12 rings (SSSR count). The van der Waals surface area contributed by atoms with E-state index in [0.717, 1.165) is 11.4 Å². The lowest BCUT2D eigenvalue weighted by Gasteiger charge is -2.30. The van der Waals surface area contributed by atoms with Gasteiger partial charge < -0.3 is 9.47 Å². The number of hydrogen-bond donors (Lipinski definition) is 0. The van der Waals surface area contributed by atoms with Crippen molar-refractivity contribution in [3.8, 4) is 39.1 Å². The Morgan fingerprint density at radius 1 is 0.367 bits per heavy atom. The van der Waals surface area contributed by atoms with Crippen LogP contribution in [0.25, 0.3) is 71.6 Å². The maximum Gasteiger partial charge on any atom is 0.0541 e. The molecule has 0 amide bonds. The molecule has 0 bridgehead atoms. The Bertz CT molecular complexity index is 3320. The zero-order chi connectivity index (χ0) is 40.3. The molecule has 9 aromatic carbocycles. The minimum Gasteiger partial charge on any atom is -0.310 e. The number of fused-ring (bicyclic) bond motifs is 10. The molecular weight excluding hydrogens is 725 g/mol. The van der Waals surface area contributed by atoms with Crippen LogP contribution >= 0.6 is 0 Å². The summed E-state index contributed by atoms with van der Waals surface area (Å²) < 4.78 is 2.44. The number of nitrogens with zero attached hydrogens (tertiary/aromatic N) is 2. The topological polar surface area (TPSA) is 8.17 Å². The van der Waals surface area contributed by atoms with E-state index in [1.54, 1.807) is 0 Å². The highest BCUT2D eigenvalue weighted by Crippen LogP contribution is 2.54. The molecule has 2 aliphatic carbocycles. The van der Waals surface area contributed by atoms with Gasteiger partial charge in [-0.15, -0.1) is 0 Å². The molecule has 0 spiro atoms. The van der Waals surface area contributed by atoms with Crippen LogP contribution in [0.15, 0.2) is 194 Å². The summed E-state index contributed by atoms with van der Waals surface area (Å²) in [5.74, 6) is 0. The van der Waals surface area contributed by atoms with Gasteiger partial charge in [-0.05, 0) is 122 Å². The van der Waals surface area contributed by atoms with Crippen molar-refractivity contribution in [1.82, 2.24) is 4.57 Å². The normalized spacial score (nSPS) is 14.3. The summed E-state index contributed by atoms with van der Waals surface area (Å²) in [6.07, 6.45) is 0. The van der Waals surface area contributed by atoms with Crippen molar-refractivity contribution >= 4 is 49.6 Å². The molecule has 0 fully saturated rings. The van der Waals surface area contributed by atoms with Gasteiger partial charge in [0.25, 0.3) is 0 Å². The zero-order valence-corrected chi connectivity index (χ0v) is 34.4. The molecule has 60 heavy (non-hydrogen) atoms. The van der Waals surface area contributed by atoms with Crippen LogP contribution in [0.2, 0.25) is 0 Å². The zero-order valence-electron chi connectivity index (χ0n) is 34.4. The van der Waals surface area contributed by atoms with E-state index in [4.69, 9.17) is 0 Å². The van der Waals surface area contributed by atoms with Gasteiger partial charge in [-0.25, -0.2) is 0 Å². The van der Waals surface area contributed by atoms with Gasteiger partial charge in [0.1, 0.15) is 0 Å². The molecule has 2 nitrogen and oxygen atoms in total. The SMILES string of the molecule is CC1(C)c2cc(-c3ccccc3)ccc2-c2ccc(N(c3ccc4c(c3)C(C)(C)c3cc(-n5c6ccccc6c6ccccc65)ccc3-4)c3cccc4ccccc34)cc21. The third-order valence-electron chi connectivity index (χ3n) is 13.8. The Labute approximate surface area is 351 Å². The molecule has 10 aromatic rings. The van der Waals surface area contributed by atoms with Crippen LogP contribution in [0.3, 0.4) is 0 Å². The first kappa shape index (κ1) is 34.8. The van der Waals surface area contributed by atoms with Crippen molar-refractivity contribution in [1.29, 1.82) is 0 Å². The highest BCUT2D eigenvalue weighted by Gasteiger charge is 2.38. The highest BCUT2D eigenvalue weighted by atomic mass is 15.1. The van der Waals surface area contributed by atoms with Crippen molar-refractivity contribution in [2.24, 2.45) is 0 Å². The third kappa shape index (κ3) is 4.94. The molecule has 1 heterocycles. The summed E-state index contributed by atoms with van der Waals surface area (Å²) in [6.45, 7) is 9.58. The summed E-state index contributed by atoms with van der Waals surface area (Å²) >= 11 is 0. The molecule has 0 saturated heterocycles. The lowest BCUT2D eigenvalue weighted by Crippen LogP contribution is -2.18. The van der Waals surface area contributed by atoms with Gasteiger partial charge in [0, 0.05) is 44.1 Å². The molecule has 0 unspecified atom stereocenters. The maximum atomic E-state index is 2.50. The molecular formula is C58H44N2. The van der Waals surface area contributed by atoms with Gasteiger partial charge in [-0.3, -0.25) is 0 Å². The number of anilines is 3. The van der Waals surface area contributed by atoms with Crippen LogP contribution in [0, 0.1) is 0 Å². The largest absolute Gasteiger partial charge is 0.310 e. The summed E-state index contributed by atoms with van der Waals surface area (Å²) in [5, 5.41) is 5.03. The fraction of sp³-hybridized carbons (Fsp3) is 0.103. The quantitative estimate of drug-likeness (QED) is 0.169. The second kappa shape index (κ2) is 12.7. The summed E-state index contributed by atoms with van der Waals surface area (Å²) in [7, 11) is 0. The lowest BCUT2D eigenvalue weighted by atomic mass is 9.81. The maximum absolute atomic E-state index is 2.50. The molecule has 0 N–H and O–H groups in total. The van der Waals surface area contributed by atoms with E-state index in [-0.39, 0.29) is 10.8 Å². The number of benzene rings is 9. The van der Waals surface area contributed by atoms with Gasteiger partial charge in [0.15, 0.2) is 0 Å². The first-order valence-electron chi connectivity index (χ1n) is 21.2. The second-order valence-electron chi connectivity index (χ2n) is 17.8. The van der Waals surface area contributed by atoms with Crippen LogP contribution in [0.1, 0.15) is 49.9 Å². The molecule has 0 saturated carbocycles. The standard InChI is InChI=1S/C58H44N2/c1-57(2)50-33-39(37-15-6-5-7-16-37)25-29-44(50)45-30-26-40(34-51(45)57)59(54-24-14-18-38-17-8-9-19-43(38)54)41-27-31-46-47-32-28-42(36-53(47)58(3,4)52(46)35-41)60-55-22-12-10-20-48(55)49-21-11-13-23-56(49)60/h5-36H,1-4H3. The fourth-order valence-corrected chi connectivity index (χ4v) is 10.7. The monoisotopic (exact) mass is 768 g/mol. The predicted octanol–water partition coefficient (Wildman–Crippen LogP) is 15.7. The Hall–Kier alpha value is -7.16. The molecule has 0 radical (unpaired) electrons. The van der Waals surface area contributed by atoms with Crippen LogP contribution in [0.5, 0.6) is 0 Å². The predicted molar refractivity (Wildman–Crippen MR) is 254 cm³/mol. The Morgan fingerprint density at radius 3 is 1.48 bits per heavy atom. The van der Waals surface area contributed by atoms with E-state index in [1.165, 1.54) is 99.6 Å². The smallest absolute Gasteiger partial charge is 0.0541 e. The Kier molecular flexibility index (Phi) is 7.36. The van der Waals surface area contributed by atoms with Crippen molar-refractivity contribution < 1.29 is 0 Å². The van der Waals surface area contributed by atoms with Gasteiger partial charge in [0.2, 0.25) is 0 Å². The average molecular weight is 769 g/mol. The van der Waals surface area contributed by atoms with Crippen molar-refractivity contribution in [3.63, 3.8) is 0 Å². The van der Waals surface area contributed by atoms with Gasteiger partial charge in [-0.1, -0.05) is 161 Å². The molecule has 0 aliphatic heterocycles. The van der Waals surface area contributed by atoms with Crippen LogP contribution in [0.4, 0.5) is 17.1 Å². The van der Waals surface area contributed by atoms with E-state index in [1.807, 2.05) is 0 Å². The molecule has 286 valence electrons. The van der Waals surface area contributed by atoms with E-state index >= 15 is 0 Å². The molecule has 1 aromatic heterocycles. The van der Waals surface area contributed by atoms with Crippen molar-refractivity contribution in [2.75, 3.05) is 4.90 Å². The van der Waals surface area contributed by atoms with E-state index in [2.05, 4.69) is 231 Å². The van der Waals surface area contributed by atoms with Gasteiger partial charge in [0.05, 0.1) is 16.7 Å². The Balaban J connectivity index is 1.00. The van der Waals surface area contributed by atoms with E-state index < -0.39 is 0 Å². The second-order valence-corrected chi connectivity index (χ2v) is 17.8. The third-order valence-corrected chi connectivity index (χ3v) is 13.8. The highest BCUT2D eigenvalue weighted by molar-refractivity contribution is 6.09. The number of rotatable bonds is 5. The van der Waals surface area contributed by atoms with Gasteiger partial charge in [-0.2, -0.15) is 0 Å². The summed E-state index contributed by atoms with van der Waals surface area (Å²) in [4.78, 5) is 2.50. The van der Waals surface area contributed by atoms with Crippen molar-refractivity contribution in [2.45, 2.75) is 38.5 Å². The van der Waals surface area contributed by atoms with Crippen LogP contribution in [-0.4, -0.2) is 4.57 Å². The van der Waals surface area contributed by atoms with E-state index in [0.29, 0.717) is 0 Å². The van der Waals surface area contributed by atoms with E-state index in [9.17, 15) is 0 Å². The van der Waals surface area contributed by atoms with Crippen LogP contribution in [-0.2, 0) is 10.8 Å². The number of hydrogen-bond acceptors (Lipinski definition) is 1. The molecule has 2 heteroatoms. The lowest BCUT2D eigenvalue weighted by molar-refractivity contribution is 0.659. The first-order chi connectivity index (χ1) is 29.3. The molecule has 0 atom stereocenters. The summed E-state index contributed by atoms with van der Waals surface area (Å²) in [6, 6.07) is 72.3. The number of para-hydroxylation sites is 2. The Morgan fingerprint density at radius 2 is 0.850 bits per heavy atom. The first-order valence-corrected chi connectivity index (χ1v) is 21.2.